The minimum absolute atomic E-state index is 0.0198. The fourth-order valence-electron chi connectivity index (χ4n) is 2.86. The van der Waals surface area contributed by atoms with E-state index in [1.54, 1.807) is 13.8 Å². The van der Waals surface area contributed by atoms with E-state index in [9.17, 15) is 15.0 Å². The summed E-state index contributed by atoms with van der Waals surface area (Å²) in [5, 5.41) is 26.9. The number of carbonyl (C=O) groups is 1. The monoisotopic (exact) mass is 329 g/mol. The van der Waals surface area contributed by atoms with Crippen molar-refractivity contribution in [3.63, 3.8) is 0 Å². The minimum atomic E-state index is -1.16. The molecule has 10 nitrogen and oxygen atoms in total. The van der Waals surface area contributed by atoms with Gasteiger partial charge >= 0.3 is 5.97 Å². The molecule has 5 atom stereocenters. The van der Waals surface area contributed by atoms with Crippen molar-refractivity contribution in [2.24, 2.45) is 0 Å². The first-order chi connectivity index (χ1) is 10.9. The normalized spacial score (nSPS) is 33.4. The quantitative estimate of drug-likeness (QED) is 0.658. The Morgan fingerprint density at radius 1 is 1.52 bits per heavy atom. The van der Waals surface area contributed by atoms with Crippen LogP contribution in [-0.4, -0.2) is 75.3 Å². The summed E-state index contributed by atoms with van der Waals surface area (Å²) in [6.07, 6.45) is -1.88. The van der Waals surface area contributed by atoms with Crippen LogP contribution in [0.5, 0.6) is 0 Å². The van der Waals surface area contributed by atoms with E-state index in [4.69, 9.17) is 14.2 Å². The molecule has 0 aliphatic carbocycles. The first kappa shape index (κ1) is 16.3. The number of nitrogens with zero attached hydrogens (tertiary/aromatic N) is 3. The van der Waals surface area contributed by atoms with E-state index < -0.39 is 49.0 Å². The van der Waals surface area contributed by atoms with Gasteiger partial charge in [-0.2, -0.15) is 0 Å². The van der Waals surface area contributed by atoms with Crippen molar-refractivity contribution in [1.29, 1.82) is 0 Å². The lowest BCUT2D eigenvalue weighted by Crippen LogP contribution is -2.40. The van der Waals surface area contributed by atoms with Crippen molar-refractivity contribution >= 4 is 5.97 Å². The predicted octanol–water partition coefficient (Wildman–Crippen LogP) is -1.16. The number of ether oxygens (including phenoxy) is 4. The molecule has 0 bridgehead atoms. The third-order valence-electron chi connectivity index (χ3n) is 3.83. The van der Waals surface area contributed by atoms with Crippen LogP contribution < -0.4 is 0 Å². The van der Waals surface area contributed by atoms with Crippen LogP contribution in [0.25, 0.3) is 0 Å². The van der Waals surface area contributed by atoms with E-state index in [-0.39, 0.29) is 5.69 Å². The van der Waals surface area contributed by atoms with Gasteiger partial charge < -0.3 is 29.2 Å². The highest BCUT2D eigenvalue weighted by Crippen LogP contribution is 2.43. The van der Waals surface area contributed by atoms with E-state index in [0.29, 0.717) is 0 Å². The van der Waals surface area contributed by atoms with E-state index in [1.165, 1.54) is 18.0 Å². The van der Waals surface area contributed by atoms with Gasteiger partial charge in [0.25, 0.3) is 0 Å². The molecule has 23 heavy (non-hydrogen) atoms. The van der Waals surface area contributed by atoms with Crippen molar-refractivity contribution in [2.45, 2.75) is 50.3 Å². The zero-order valence-corrected chi connectivity index (χ0v) is 12.9. The summed E-state index contributed by atoms with van der Waals surface area (Å²) in [7, 11) is 1.24. The van der Waals surface area contributed by atoms with Gasteiger partial charge in [0, 0.05) is 0 Å². The highest BCUT2D eigenvalue weighted by Gasteiger charge is 2.57. The molecule has 0 unspecified atom stereocenters. The number of carbonyl (C=O) groups excluding carboxylic acids is 1. The Labute approximate surface area is 131 Å². The zero-order valence-electron chi connectivity index (χ0n) is 12.9. The number of esters is 1. The fraction of sp³-hybridized carbons (Fsp3) is 0.769. The Morgan fingerprint density at radius 3 is 2.91 bits per heavy atom. The molecular formula is C13H19N3O7. The van der Waals surface area contributed by atoms with Crippen LogP contribution in [0.4, 0.5) is 0 Å². The van der Waals surface area contributed by atoms with Gasteiger partial charge in [-0.15, -0.1) is 5.10 Å². The highest BCUT2D eigenvalue weighted by atomic mass is 16.8. The average Bonchev–Trinajstić information content (AvgIpc) is 3.17. The third kappa shape index (κ3) is 2.83. The molecule has 3 rings (SSSR count). The summed E-state index contributed by atoms with van der Waals surface area (Å²) in [4.78, 5) is 11.5. The molecule has 0 aromatic carbocycles. The standard InChI is InChI=1S/C13H19N3O7/c1-13(2)22-10-8(9(7(18)5-17)21-12(10)23-13)16-4-6(14-15-16)11(19)20-3/h4,7-10,12,17-18H,5H2,1-3H3/t7-,8-,9+,10+,12+/m1/s1. The van der Waals surface area contributed by atoms with Gasteiger partial charge in [-0.3, -0.25) is 0 Å². The Kier molecular flexibility index (Phi) is 4.10. The lowest BCUT2D eigenvalue weighted by molar-refractivity contribution is -0.221. The van der Waals surface area contributed by atoms with Gasteiger partial charge in [0.2, 0.25) is 0 Å². The SMILES string of the molecule is COC(=O)c1cn([C@H]2[C@@H]3OC(C)(C)O[C@@H]3O[C@H]2[C@H](O)CO)nn1. The van der Waals surface area contributed by atoms with Gasteiger partial charge in [-0.25, -0.2) is 9.48 Å². The molecule has 0 amide bonds. The van der Waals surface area contributed by atoms with E-state index >= 15 is 0 Å². The number of methoxy groups -OCH3 is 1. The summed E-state index contributed by atoms with van der Waals surface area (Å²) in [5.41, 5.74) is 0.0198. The smallest absolute Gasteiger partial charge is 0.360 e. The Morgan fingerprint density at radius 2 is 2.26 bits per heavy atom. The third-order valence-corrected chi connectivity index (χ3v) is 3.83. The van der Waals surface area contributed by atoms with Crippen molar-refractivity contribution in [2.75, 3.05) is 13.7 Å². The molecule has 2 aliphatic rings. The van der Waals surface area contributed by atoms with E-state index in [0.717, 1.165) is 0 Å². The van der Waals surface area contributed by atoms with Crippen LogP contribution in [0.3, 0.4) is 0 Å². The molecule has 10 heteroatoms. The number of hydrogen-bond acceptors (Lipinski definition) is 9. The molecule has 3 heterocycles. The second kappa shape index (κ2) is 5.80. The predicted molar refractivity (Wildman–Crippen MR) is 72.2 cm³/mol. The Bertz CT molecular complexity index is 590. The molecule has 1 aromatic rings. The highest BCUT2D eigenvalue weighted by molar-refractivity contribution is 5.86. The maximum atomic E-state index is 11.5. The molecule has 2 N–H and O–H groups in total. The van der Waals surface area contributed by atoms with Crippen LogP contribution in [0.2, 0.25) is 0 Å². The molecule has 0 radical (unpaired) electrons. The summed E-state index contributed by atoms with van der Waals surface area (Å²) < 4.78 is 23.1. The Balaban J connectivity index is 1.91. The summed E-state index contributed by atoms with van der Waals surface area (Å²) >= 11 is 0. The van der Waals surface area contributed by atoms with Crippen LogP contribution >= 0.6 is 0 Å². The van der Waals surface area contributed by atoms with Crippen molar-refractivity contribution in [3.05, 3.63) is 11.9 Å². The van der Waals surface area contributed by atoms with E-state index in [1.807, 2.05) is 0 Å². The molecule has 128 valence electrons. The first-order valence-corrected chi connectivity index (χ1v) is 7.16. The average molecular weight is 329 g/mol. The minimum Gasteiger partial charge on any atom is -0.464 e. The molecule has 2 fully saturated rings. The molecule has 0 spiro atoms. The van der Waals surface area contributed by atoms with Gasteiger partial charge in [0.1, 0.15) is 24.4 Å². The zero-order chi connectivity index (χ0) is 16.8. The van der Waals surface area contributed by atoms with Crippen molar-refractivity contribution < 1.29 is 34.0 Å². The van der Waals surface area contributed by atoms with Gasteiger partial charge in [-0.1, -0.05) is 5.21 Å². The Hall–Kier alpha value is -1.59. The molecular weight excluding hydrogens is 310 g/mol. The van der Waals surface area contributed by atoms with E-state index in [2.05, 4.69) is 15.0 Å². The van der Waals surface area contributed by atoms with Crippen LogP contribution in [0.1, 0.15) is 30.4 Å². The van der Waals surface area contributed by atoms with Crippen molar-refractivity contribution in [3.8, 4) is 0 Å². The van der Waals surface area contributed by atoms with Gasteiger partial charge in [0.15, 0.2) is 17.8 Å². The van der Waals surface area contributed by atoms with Crippen LogP contribution in [-0.2, 0) is 18.9 Å². The number of fused-ring (bicyclic) bond motifs is 1. The lowest BCUT2D eigenvalue weighted by atomic mass is 10.0. The maximum Gasteiger partial charge on any atom is 0.360 e. The fourth-order valence-corrected chi connectivity index (χ4v) is 2.86. The second-order valence-corrected chi connectivity index (χ2v) is 5.89. The lowest BCUT2D eigenvalue weighted by Gasteiger charge is -2.27. The number of aromatic nitrogens is 3. The molecule has 0 saturated carbocycles. The molecule has 2 aliphatic heterocycles. The number of rotatable bonds is 4. The number of aliphatic hydroxyl groups is 2. The first-order valence-electron chi connectivity index (χ1n) is 7.16. The van der Waals surface area contributed by atoms with Gasteiger partial charge in [-0.05, 0) is 13.8 Å². The topological polar surface area (TPSA) is 125 Å². The van der Waals surface area contributed by atoms with Crippen LogP contribution in [0, 0.1) is 0 Å². The summed E-state index contributed by atoms with van der Waals surface area (Å²) in [6.45, 7) is 2.98. The molecule has 2 saturated heterocycles. The second-order valence-electron chi connectivity index (χ2n) is 5.89. The number of aliphatic hydroxyl groups excluding tert-OH is 2. The number of hydrogen-bond donors (Lipinski definition) is 2. The summed E-state index contributed by atoms with van der Waals surface area (Å²) in [6, 6.07) is -0.616. The largest absolute Gasteiger partial charge is 0.464 e. The van der Waals surface area contributed by atoms with Crippen LogP contribution in [0.15, 0.2) is 6.20 Å². The summed E-state index contributed by atoms with van der Waals surface area (Å²) in [5.74, 6) is -1.48. The maximum absolute atomic E-state index is 11.5. The molecule has 1 aromatic heterocycles. The van der Waals surface area contributed by atoms with Crippen molar-refractivity contribution in [1.82, 2.24) is 15.0 Å². The van der Waals surface area contributed by atoms with Gasteiger partial charge in [0.05, 0.1) is 19.9 Å².